The van der Waals surface area contributed by atoms with Gasteiger partial charge in [0.15, 0.2) is 28.7 Å². The Morgan fingerprint density at radius 3 is 0.856 bits per heavy atom. The van der Waals surface area contributed by atoms with Gasteiger partial charge in [0, 0.05) is 80.3 Å². The zero-order chi connectivity index (χ0) is 84.6. The Morgan fingerprint density at radius 2 is 0.551 bits per heavy atom. The minimum absolute atomic E-state index is 0.0515. The fourth-order valence-electron chi connectivity index (χ4n) is 12.5. The van der Waals surface area contributed by atoms with Gasteiger partial charge in [-0.05, 0) is 255 Å². The van der Waals surface area contributed by atoms with E-state index in [0.29, 0.717) is 90.0 Å². The Balaban J connectivity index is 0.000000145. The van der Waals surface area contributed by atoms with Crippen molar-refractivity contribution in [3.05, 3.63) is 346 Å². The molecular weight excluding hydrogens is 1980 g/mol. The van der Waals surface area contributed by atoms with Crippen LogP contribution in [0.4, 0.5) is 22.0 Å². The van der Waals surface area contributed by atoms with Crippen molar-refractivity contribution in [3.8, 4) is 28.7 Å². The number of hydrogen-bond acceptors (Lipinski definition) is 15. The highest BCUT2D eigenvalue weighted by Gasteiger charge is 2.24. The van der Waals surface area contributed by atoms with E-state index in [2.05, 4.69) is 142 Å². The van der Waals surface area contributed by atoms with E-state index in [0.717, 1.165) is 101 Å². The lowest BCUT2D eigenvalue weighted by molar-refractivity contribution is 0.0513. The highest BCUT2D eigenvalue weighted by Crippen LogP contribution is 2.42. The number of halogens is 12. The average Bonchev–Trinajstić information content (AvgIpc) is 0.793. The molecule has 0 aliphatic carbocycles. The second-order valence-corrected chi connectivity index (χ2v) is 32.1. The minimum atomic E-state index is -1.08. The monoisotopic (exact) mass is 2040 g/mol. The van der Waals surface area contributed by atoms with Gasteiger partial charge in [-0.15, -0.1) is 0 Å². The zero-order valence-corrected chi connectivity index (χ0v) is 74.1. The van der Waals surface area contributed by atoms with Crippen molar-refractivity contribution < 1.29 is 75.3 Å². The van der Waals surface area contributed by atoms with Crippen LogP contribution in [-0.4, -0.2) is 92.7 Å². The van der Waals surface area contributed by atoms with Crippen LogP contribution in [0.15, 0.2) is 244 Å². The number of ether oxygens (including phenoxy) is 5. The van der Waals surface area contributed by atoms with E-state index in [4.69, 9.17) is 23.7 Å². The van der Waals surface area contributed by atoms with Crippen molar-refractivity contribution >= 4 is 184 Å². The lowest BCUT2D eigenvalue weighted by atomic mass is 10.0. The van der Waals surface area contributed by atoms with E-state index >= 15 is 0 Å². The number of phenols is 2. The van der Waals surface area contributed by atoms with Crippen LogP contribution in [0.3, 0.4) is 0 Å². The molecule has 0 atom stereocenters. The smallest absolute Gasteiger partial charge is 0.342 e. The molecule has 0 bridgehead atoms. The fourth-order valence-corrected chi connectivity index (χ4v) is 16.7. The third-order valence-electron chi connectivity index (χ3n) is 18.1. The molecule has 28 heteroatoms. The summed E-state index contributed by atoms with van der Waals surface area (Å²) >= 11 is 24.1. The Labute approximate surface area is 732 Å². The predicted octanol–water partition coefficient (Wildman–Crippen LogP) is 24.6. The topological polar surface area (TPSA) is 222 Å². The van der Waals surface area contributed by atoms with E-state index in [1.54, 1.807) is 119 Å². The first kappa shape index (κ1) is 88.5. The first-order valence-electron chi connectivity index (χ1n) is 35.8. The molecule has 0 radical (unpaired) electrons. The van der Waals surface area contributed by atoms with Gasteiger partial charge in [-0.3, -0.25) is 24.9 Å². The molecule has 15 aromatic rings. The summed E-state index contributed by atoms with van der Waals surface area (Å²) in [6.45, 7) is 3.95. The number of fused-ring (bicyclic) bond motifs is 5. The van der Waals surface area contributed by atoms with Crippen molar-refractivity contribution in [1.82, 2.24) is 24.9 Å². The molecule has 0 saturated carbocycles. The molecule has 0 fully saturated rings. The van der Waals surface area contributed by atoms with Crippen LogP contribution in [0, 0.1) is 29.1 Å². The summed E-state index contributed by atoms with van der Waals surface area (Å²) in [5, 5.41) is 33.8. The third-order valence-corrected chi connectivity index (χ3v) is 22.5. The molecule has 15 rings (SSSR count). The summed E-state index contributed by atoms with van der Waals surface area (Å²) in [5.74, 6) is -2.16. The molecule has 0 aliphatic heterocycles. The number of carboxylic acids is 1. The number of aromatic hydroxyl groups is 2. The number of pyridine rings is 5. The Morgan fingerprint density at radius 1 is 0.305 bits per heavy atom. The lowest BCUT2D eigenvalue weighted by Gasteiger charge is -2.13. The lowest BCUT2D eigenvalue weighted by Crippen LogP contribution is -2.08. The second kappa shape index (κ2) is 40.9. The molecule has 0 unspecified atom stereocenters. The molecule has 0 spiro atoms. The van der Waals surface area contributed by atoms with E-state index in [9.17, 15) is 51.7 Å². The van der Waals surface area contributed by atoms with Gasteiger partial charge >= 0.3 is 17.9 Å². The first-order chi connectivity index (χ1) is 56.6. The summed E-state index contributed by atoms with van der Waals surface area (Å²) in [6.07, 6.45) is 11.7. The molecule has 5 aromatic heterocycles. The van der Waals surface area contributed by atoms with Crippen LogP contribution in [0.1, 0.15) is 101 Å². The maximum absolute atomic E-state index is 13.1. The zero-order valence-electron chi connectivity index (χ0n) is 63.0. The maximum Gasteiger partial charge on any atom is 0.342 e. The highest BCUT2D eigenvalue weighted by atomic mass is 79.9. The molecule has 16 nitrogen and oxygen atoms in total. The van der Waals surface area contributed by atoms with Gasteiger partial charge in [0.2, 0.25) is 0 Å². The van der Waals surface area contributed by atoms with Gasteiger partial charge < -0.3 is 39.0 Å². The van der Waals surface area contributed by atoms with Gasteiger partial charge in [0.1, 0.15) is 73.4 Å². The minimum Gasteiger partial charge on any atom is -0.505 e. The standard InChI is InChI=1S/C20H17BrFNO3.C19H15BrFNO3.C18H13BrFNO3.C17H12Br2FNO.C16H10Br2FNO/c1-3-26-20(24)16-10-17(21)15-9-13(11-23-18(15)19(16)25-2)8-12-4-6-14(22)7-5-12;1-2-25-19(24)15-9-16(20)14-8-12(10-22-17(14)18(15)23)7-11-3-5-13(21)6-4-11;1-24-17-14(18(22)23)8-15(19)13-7-11(9-21-16(13)17)6-10-2-4-12(20)5-3-10;1-22-17-15(19)8-14(18)13-7-11(9-21-16(13)17)6-10-2-4-12(20)5-3-10;17-13-7-14(18)16(21)15-12(13)6-10(8-20-15)5-9-1-3-11(19)4-2-9/h4-7,9-11H,3,8H2,1-2H3;3-6,8-10,23H,2,7H2,1H3;2-5,7-9H,6H2,1H3,(H,22,23);2-5,7-9H,6H2,1H3;1-4,6-8,21H,5H2. The molecule has 3 N–H and O–H groups in total. The number of hydrogen-bond donors (Lipinski definition) is 3. The van der Waals surface area contributed by atoms with E-state index in [1.807, 2.05) is 36.5 Å². The van der Waals surface area contributed by atoms with E-state index in [-0.39, 0.29) is 70.7 Å². The summed E-state index contributed by atoms with van der Waals surface area (Å²) < 4.78 is 96.3. The van der Waals surface area contributed by atoms with Crippen LogP contribution in [0.25, 0.3) is 54.5 Å². The number of benzene rings is 10. The average molecular weight is 2050 g/mol. The van der Waals surface area contributed by atoms with Gasteiger partial charge in [0.25, 0.3) is 0 Å². The SMILES string of the molecule is CCOC(=O)c1cc(Br)c2cc(Cc3ccc(F)cc3)cnc2c1O.CCOC(=O)c1cc(Br)c2cc(Cc3ccc(F)cc3)cnc2c1OC.COc1c(Br)cc(Br)c2cc(Cc3ccc(F)cc3)cnc12.COc1c(C(=O)O)cc(Br)c2cc(Cc3ccc(F)cc3)cnc12.Oc1c(Br)cc(Br)c2cc(Cc3ccc(F)cc3)cnc12. The maximum atomic E-state index is 13.1. The molecule has 10 aromatic carbocycles. The predicted molar refractivity (Wildman–Crippen MR) is 471 cm³/mol. The van der Waals surface area contributed by atoms with Crippen molar-refractivity contribution in [3.63, 3.8) is 0 Å². The van der Waals surface area contributed by atoms with Crippen LogP contribution in [-0.2, 0) is 41.6 Å². The molecule has 0 aliphatic rings. The number of carbonyl (C=O) groups excluding carboxylic acids is 2. The molecular formula is C90H67Br7F5N5O11. The Kier molecular flexibility index (Phi) is 30.7. The summed E-state index contributed by atoms with van der Waals surface area (Å²) in [6, 6.07) is 50.1. The van der Waals surface area contributed by atoms with Crippen molar-refractivity contribution in [2.75, 3.05) is 34.5 Å². The van der Waals surface area contributed by atoms with Crippen LogP contribution in [0.5, 0.6) is 28.7 Å². The number of carboxylic acid groups (broad SMARTS) is 1. The van der Waals surface area contributed by atoms with Gasteiger partial charge in [-0.2, -0.15) is 0 Å². The number of aromatic nitrogens is 5. The Bertz CT molecular complexity index is 6230. The summed E-state index contributed by atoms with van der Waals surface area (Å²) in [7, 11) is 4.55. The number of methoxy groups -OCH3 is 3. The number of aromatic carboxylic acids is 1. The second-order valence-electron chi connectivity index (χ2n) is 26.2. The van der Waals surface area contributed by atoms with Crippen molar-refractivity contribution in [1.29, 1.82) is 0 Å². The molecule has 5 heterocycles. The van der Waals surface area contributed by atoms with Crippen molar-refractivity contribution in [2.45, 2.75) is 46.0 Å². The normalized spacial score (nSPS) is 10.9. The number of nitrogens with zero attached hydrogens (tertiary/aromatic N) is 5. The van der Waals surface area contributed by atoms with Crippen LogP contribution >= 0.6 is 112 Å². The fraction of sp³-hybridized carbons (Fsp3) is 0.133. The van der Waals surface area contributed by atoms with Crippen LogP contribution < -0.4 is 14.2 Å². The Hall–Kier alpha value is -10.3. The molecule has 0 saturated heterocycles. The third kappa shape index (κ3) is 22.1. The van der Waals surface area contributed by atoms with Crippen molar-refractivity contribution in [2.24, 2.45) is 0 Å². The molecule has 0 amide bonds. The van der Waals surface area contributed by atoms with E-state index in [1.165, 1.54) is 87.0 Å². The quantitative estimate of drug-likeness (QED) is 0.0537. The number of phenolic OH excluding ortho intramolecular Hbond substituents is 2. The van der Waals surface area contributed by atoms with Gasteiger partial charge in [0.05, 0.1) is 43.5 Å². The summed E-state index contributed by atoms with van der Waals surface area (Å²) in [4.78, 5) is 57.5. The van der Waals surface area contributed by atoms with Gasteiger partial charge in [-0.25, -0.2) is 36.3 Å². The largest absolute Gasteiger partial charge is 0.505 e. The summed E-state index contributed by atoms with van der Waals surface area (Å²) in [5.41, 5.74) is 13.0. The van der Waals surface area contributed by atoms with E-state index < -0.39 is 17.9 Å². The molecule has 602 valence electrons. The number of esters is 2. The number of carbonyl (C=O) groups is 3. The highest BCUT2D eigenvalue weighted by molar-refractivity contribution is 9.12. The van der Waals surface area contributed by atoms with Gasteiger partial charge in [-0.1, -0.05) is 140 Å². The molecule has 118 heavy (non-hydrogen) atoms. The van der Waals surface area contributed by atoms with Crippen LogP contribution in [0.2, 0.25) is 0 Å². The number of rotatable bonds is 18. The first-order valence-corrected chi connectivity index (χ1v) is 41.4.